The number of nitro benzene ring substituents is 1. The molecule has 0 fully saturated rings. The van der Waals surface area contributed by atoms with Crippen molar-refractivity contribution >= 4 is 28.9 Å². The summed E-state index contributed by atoms with van der Waals surface area (Å²) in [7, 11) is 0. The quantitative estimate of drug-likeness (QED) is 0.295. The first-order chi connectivity index (χ1) is 14.8. The number of anilines is 1. The number of nitrogens with zero attached hydrogens (tertiary/aromatic N) is 3. The molecule has 1 N–H and O–H groups in total. The Bertz CT molecular complexity index is 1190. The second kappa shape index (κ2) is 8.15. The molecule has 0 unspecified atom stereocenters. The summed E-state index contributed by atoms with van der Waals surface area (Å²) in [6.07, 6.45) is -10.2. The van der Waals surface area contributed by atoms with Gasteiger partial charge in [0.1, 0.15) is 5.69 Å². The SMILES string of the molecule is O=C(Nc1ccc(-n2nc(C(F)(F)F)cc2C(F)(F)F)cc1)c1ccc([N+](=O)[O-])cc1Cl. The Kier molecular flexibility index (Phi) is 5.87. The van der Waals surface area contributed by atoms with E-state index < -0.39 is 34.6 Å². The highest BCUT2D eigenvalue weighted by molar-refractivity contribution is 6.34. The number of carbonyl (C=O) groups excluding carboxylic acids is 1. The molecule has 2 aromatic carbocycles. The molecular formula is C18H9ClF6N4O3. The number of amides is 1. The van der Waals surface area contributed by atoms with E-state index in [-0.39, 0.29) is 38.4 Å². The van der Waals surface area contributed by atoms with Crippen molar-refractivity contribution in [3.63, 3.8) is 0 Å². The van der Waals surface area contributed by atoms with Crippen LogP contribution in [-0.2, 0) is 12.4 Å². The molecule has 0 bridgehead atoms. The fourth-order valence-corrected chi connectivity index (χ4v) is 2.87. The van der Waals surface area contributed by atoms with Gasteiger partial charge in [0.25, 0.3) is 11.6 Å². The molecule has 168 valence electrons. The molecule has 0 aliphatic heterocycles. The van der Waals surface area contributed by atoms with Crippen LogP contribution >= 0.6 is 11.6 Å². The number of halogens is 7. The van der Waals surface area contributed by atoms with Crippen LogP contribution in [0.5, 0.6) is 0 Å². The third-order valence-corrected chi connectivity index (χ3v) is 4.38. The molecule has 32 heavy (non-hydrogen) atoms. The monoisotopic (exact) mass is 478 g/mol. The third kappa shape index (κ3) is 4.82. The number of nitro groups is 1. The summed E-state index contributed by atoms with van der Waals surface area (Å²) in [6, 6.07) is 7.36. The number of alkyl halides is 6. The number of aromatic nitrogens is 2. The van der Waals surface area contributed by atoms with E-state index in [2.05, 4.69) is 10.4 Å². The van der Waals surface area contributed by atoms with Crippen molar-refractivity contribution in [1.29, 1.82) is 0 Å². The van der Waals surface area contributed by atoms with E-state index in [1.807, 2.05) is 0 Å². The molecule has 3 rings (SSSR count). The number of hydrogen-bond donors (Lipinski definition) is 1. The number of nitrogens with one attached hydrogen (secondary N) is 1. The largest absolute Gasteiger partial charge is 0.435 e. The molecule has 0 spiro atoms. The van der Waals surface area contributed by atoms with E-state index in [0.29, 0.717) is 0 Å². The van der Waals surface area contributed by atoms with Gasteiger partial charge in [0.15, 0.2) is 5.69 Å². The van der Waals surface area contributed by atoms with Crippen molar-refractivity contribution in [3.8, 4) is 5.69 Å². The van der Waals surface area contributed by atoms with Crippen LogP contribution in [0.15, 0.2) is 48.5 Å². The van der Waals surface area contributed by atoms with Gasteiger partial charge in [0, 0.05) is 23.9 Å². The molecular weight excluding hydrogens is 470 g/mol. The van der Waals surface area contributed by atoms with Crippen molar-refractivity contribution in [2.45, 2.75) is 12.4 Å². The van der Waals surface area contributed by atoms with Gasteiger partial charge in [-0.1, -0.05) is 11.6 Å². The first kappa shape index (κ1) is 23.1. The molecule has 0 saturated heterocycles. The smallest absolute Gasteiger partial charge is 0.322 e. The summed E-state index contributed by atoms with van der Waals surface area (Å²) in [4.78, 5) is 22.3. The maximum Gasteiger partial charge on any atom is 0.435 e. The highest BCUT2D eigenvalue weighted by Crippen LogP contribution is 2.36. The Hall–Kier alpha value is -3.61. The van der Waals surface area contributed by atoms with E-state index in [0.717, 1.165) is 42.5 Å². The van der Waals surface area contributed by atoms with E-state index in [1.54, 1.807) is 0 Å². The zero-order valence-corrected chi connectivity index (χ0v) is 16.1. The summed E-state index contributed by atoms with van der Waals surface area (Å²) >= 11 is 5.86. The predicted molar refractivity (Wildman–Crippen MR) is 99.6 cm³/mol. The Morgan fingerprint density at radius 2 is 1.62 bits per heavy atom. The Morgan fingerprint density at radius 1 is 1.00 bits per heavy atom. The average molecular weight is 479 g/mol. The van der Waals surface area contributed by atoms with Crippen LogP contribution in [0.3, 0.4) is 0 Å². The molecule has 3 aromatic rings. The minimum absolute atomic E-state index is 0.0740. The minimum Gasteiger partial charge on any atom is -0.322 e. The lowest BCUT2D eigenvalue weighted by atomic mass is 10.2. The number of carbonyl (C=O) groups is 1. The maximum absolute atomic E-state index is 13.2. The number of non-ortho nitro benzene ring substituents is 1. The summed E-state index contributed by atoms with van der Waals surface area (Å²) in [6.45, 7) is 0. The second-order valence-corrected chi connectivity index (χ2v) is 6.65. The molecule has 0 atom stereocenters. The average Bonchev–Trinajstić information content (AvgIpc) is 3.15. The lowest BCUT2D eigenvalue weighted by molar-refractivity contribution is -0.384. The number of rotatable bonds is 4. The zero-order chi connectivity index (χ0) is 23.8. The van der Waals surface area contributed by atoms with Crippen LogP contribution in [0.25, 0.3) is 5.69 Å². The van der Waals surface area contributed by atoms with Gasteiger partial charge in [0.2, 0.25) is 0 Å². The van der Waals surface area contributed by atoms with Crippen molar-refractivity contribution in [3.05, 3.63) is 80.6 Å². The molecule has 1 amide bonds. The van der Waals surface area contributed by atoms with Gasteiger partial charge in [-0.2, -0.15) is 31.4 Å². The van der Waals surface area contributed by atoms with Gasteiger partial charge in [-0.05, 0) is 30.3 Å². The zero-order valence-electron chi connectivity index (χ0n) is 15.3. The highest BCUT2D eigenvalue weighted by atomic mass is 35.5. The van der Waals surface area contributed by atoms with Gasteiger partial charge in [-0.15, -0.1) is 0 Å². The van der Waals surface area contributed by atoms with E-state index in [1.165, 1.54) is 0 Å². The molecule has 0 radical (unpaired) electrons. The summed E-state index contributed by atoms with van der Waals surface area (Å²) in [5.74, 6) is -0.771. The van der Waals surface area contributed by atoms with Crippen LogP contribution in [0.2, 0.25) is 5.02 Å². The molecule has 0 aliphatic rings. The van der Waals surface area contributed by atoms with Crippen LogP contribution in [-0.4, -0.2) is 20.6 Å². The molecule has 14 heteroatoms. The van der Waals surface area contributed by atoms with Crippen LogP contribution < -0.4 is 5.32 Å². The fraction of sp³-hybridized carbons (Fsp3) is 0.111. The van der Waals surface area contributed by atoms with Crippen LogP contribution in [0.4, 0.5) is 37.7 Å². The predicted octanol–water partition coefficient (Wildman–Crippen LogP) is 5.72. The third-order valence-electron chi connectivity index (χ3n) is 4.07. The normalized spacial score (nSPS) is 12.0. The van der Waals surface area contributed by atoms with Gasteiger partial charge in [0.05, 0.1) is 21.2 Å². The van der Waals surface area contributed by atoms with Gasteiger partial charge in [-0.25, -0.2) is 4.68 Å². The van der Waals surface area contributed by atoms with Crippen LogP contribution in [0, 0.1) is 10.1 Å². The Balaban J connectivity index is 1.87. The standard InChI is InChI=1S/C18H9ClF6N4O3/c19-13-7-11(29(31)32)5-6-12(13)16(30)26-9-1-3-10(4-2-9)28-15(18(23,24)25)8-14(27-28)17(20,21)22/h1-8H,(H,26,30). The van der Waals surface area contributed by atoms with Crippen molar-refractivity contribution in [2.24, 2.45) is 0 Å². The highest BCUT2D eigenvalue weighted by Gasteiger charge is 2.42. The first-order valence-electron chi connectivity index (χ1n) is 8.37. The van der Waals surface area contributed by atoms with E-state index in [4.69, 9.17) is 11.6 Å². The van der Waals surface area contributed by atoms with Crippen molar-refractivity contribution in [1.82, 2.24) is 9.78 Å². The van der Waals surface area contributed by atoms with E-state index in [9.17, 15) is 41.3 Å². The number of hydrogen-bond acceptors (Lipinski definition) is 4. The molecule has 1 aromatic heterocycles. The Morgan fingerprint density at radius 3 is 2.12 bits per heavy atom. The van der Waals surface area contributed by atoms with Gasteiger partial charge in [-0.3, -0.25) is 14.9 Å². The summed E-state index contributed by atoms with van der Waals surface area (Å²) in [5.41, 5.74) is -4.05. The lowest BCUT2D eigenvalue weighted by Crippen LogP contribution is -2.14. The second-order valence-electron chi connectivity index (χ2n) is 6.24. The lowest BCUT2D eigenvalue weighted by Gasteiger charge is -2.11. The first-order valence-corrected chi connectivity index (χ1v) is 8.75. The maximum atomic E-state index is 13.2. The van der Waals surface area contributed by atoms with Crippen molar-refractivity contribution in [2.75, 3.05) is 5.32 Å². The summed E-state index contributed by atoms with van der Waals surface area (Å²) < 4.78 is 78.0. The van der Waals surface area contributed by atoms with Gasteiger partial charge >= 0.3 is 12.4 Å². The van der Waals surface area contributed by atoms with E-state index >= 15 is 0 Å². The molecule has 1 heterocycles. The molecule has 0 saturated carbocycles. The topological polar surface area (TPSA) is 90.1 Å². The minimum atomic E-state index is -5.10. The number of benzene rings is 2. The summed E-state index contributed by atoms with van der Waals surface area (Å²) in [5, 5.41) is 15.9. The van der Waals surface area contributed by atoms with Crippen molar-refractivity contribution < 1.29 is 36.1 Å². The Labute approximate surface area is 179 Å². The molecule has 0 aliphatic carbocycles. The fourth-order valence-electron chi connectivity index (χ4n) is 2.60. The van der Waals surface area contributed by atoms with Crippen LogP contribution in [0.1, 0.15) is 21.7 Å². The van der Waals surface area contributed by atoms with Gasteiger partial charge < -0.3 is 5.32 Å². The molecule has 7 nitrogen and oxygen atoms in total.